The molecule has 0 amide bonds. The van der Waals surface area contributed by atoms with Crippen LogP contribution < -0.4 is 5.32 Å². The van der Waals surface area contributed by atoms with E-state index < -0.39 is 0 Å². The Morgan fingerprint density at radius 1 is 1.35 bits per heavy atom. The molecular weight excluding hydrogens is 280 g/mol. The van der Waals surface area contributed by atoms with Crippen LogP contribution in [0.1, 0.15) is 5.69 Å². The van der Waals surface area contributed by atoms with E-state index in [-0.39, 0.29) is 0 Å². The topological polar surface area (TPSA) is 32.6 Å². The molecule has 1 saturated heterocycles. The van der Waals surface area contributed by atoms with Crippen LogP contribution in [-0.2, 0) is 6.54 Å². The highest BCUT2D eigenvalue weighted by atomic mass is 79.9. The number of halogens is 1. The molecule has 0 unspecified atom stereocenters. The Bertz CT molecular complexity index is 516. The highest BCUT2D eigenvalue weighted by Crippen LogP contribution is 2.17. The molecule has 1 aliphatic heterocycles. The van der Waals surface area contributed by atoms with Gasteiger partial charge in [0.1, 0.15) is 0 Å². The van der Waals surface area contributed by atoms with E-state index in [1.165, 1.54) is 0 Å². The van der Waals surface area contributed by atoms with Crippen LogP contribution in [0.2, 0.25) is 0 Å². The summed E-state index contributed by atoms with van der Waals surface area (Å²) in [4.78, 5) is 7.10. The summed E-state index contributed by atoms with van der Waals surface area (Å²) in [6, 6.07) is 4.05. The van der Waals surface area contributed by atoms with Gasteiger partial charge in [0.15, 0.2) is 5.65 Å². The van der Waals surface area contributed by atoms with E-state index in [0.29, 0.717) is 0 Å². The minimum atomic E-state index is 0.940. The van der Waals surface area contributed by atoms with Gasteiger partial charge >= 0.3 is 0 Å². The number of rotatable bonds is 2. The lowest BCUT2D eigenvalue weighted by Gasteiger charge is -2.26. The molecule has 0 aromatic carbocycles. The molecule has 1 aliphatic rings. The number of fused-ring (bicyclic) bond motifs is 1. The highest BCUT2D eigenvalue weighted by molar-refractivity contribution is 9.10. The lowest BCUT2D eigenvalue weighted by Crippen LogP contribution is -2.42. The Balaban J connectivity index is 1.83. The van der Waals surface area contributed by atoms with Crippen LogP contribution in [0.25, 0.3) is 5.65 Å². The first-order valence-corrected chi connectivity index (χ1v) is 6.67. The molecule has 0 spiro atoms. The lowest BCUT2D eigenvalue weighted by atomic mass is 10.3. The average molecular weight is 295 g/mol. The van der Waals surface area contributed by atoms with Crippen molar-refractivity contribution in [3.05, 3.63) is 34.7 Å². The van der Waals surface area contributed by atoms with Crippen molar-refractivity contribution in [3.8, 4) is 0 Å². The first-order valence-electron chi connectivity index (χ1n) is 5.88. The van der Waals surface area contributed by atoms with Gasteiger partial charge in [-0.2, -0.15) is 0 Å². The number of hydrogen-bond donors (Lipinski definition) is 1. The van der Waals surface area contributed by atoms with Crippen molar-refractivity contribution < 1.29 is 0 Å². The molecule has 17 heavy (non-hydrogen) atoms. The summed E-state index contributed by atoms with van der Waals surface area (Å²) in [7, 11) is 0. The molecule has 3 heterocycles. The lowest BCUT2D eigenvalue weighted by molar-refractivity contribution is 0.231. The fourth-order valence-electron chi connectivity index (χ4n) is 2.20. The summed E-state index contributed by atoms with van der Waals surface area (Å²) in [6.07, 6.45) is 4.15. The third kappa shape index (κ3) is 2.36. The fraction of sp³-hybridized carbons (Fsp3) is 0.417. The van der Waals surface area contributed by atoms with Crippen LogP contribution in [0.5, 0.6) is 0 Å². The molecule has 90 valence electrons. The quantitative estimate of drug-likeness (QED) is 0.911. The standard InChI is InChI=1S/C12H15BrN4/c13-11-2-1-5-17-9-10(15-12(11)17)8-16-6-3-14-4-7-16/h1-2,5,9,14H,3-4,6-8H2. The molecule has 0 radical (unpaired) electrons. The van der Waals surface area contributed by atoms with Gasteiger partial charge in [-0.1, -0.05) is 0 Å². The molecule has 1 N–H and O–H groups in total. The summed E-state index contributed by atoms with van der Waals surface area (Å²) < 4.78 is 3.12. The van der Waals surface area contributed by atoms with Crippen LogP contribution in [-0.4, -0.2) is 40.5 Å². The van der Waals surface area contributed by atoms with Gasteiger partial charge in [-0.3, -0.25) is 4.90 Å². The maximum atomic E-state index is 4.66. The molecule has 3 rings (SSSR count). The maximum absolute atomic E-state index is 4.66. The van der Waals surface area contributed by atoms with Gasteiger partial charge in [0.25, 0.3) is 0 Å². The van der Waals surface area contributed by atoms with Gasteiger partial charge in [0.05, 0.1) is 10.2 Å². The molecule has 0 atom stereocenters. The van der Waals surface area contributed by atoms with Crippen LogP contribution in [0, 0.1) is 0 Å². The number of aromatic nitrogens is 2. The minimum absolute atomic E-state index is 0.940. The van der Waals surface area contributed by atoms with Crippen molar-refractivity contribution in [2.24, 2.45) is 0 Å². The maximum Gasteiger partial charge on any atom is 0.151 e. The fourth-order valence-corrected chi connectivity index (χ4v) is 2.65. The molecule has 0 aliphatic carbocycles. The Hall–Kier alpha value is -0.910. The van der Waals surface area contributed by atoms with Gasteiger partial charge in [-0.25, -0.2) is 4.98 Å². The number of nitrogens with one attached hydrogen (secondary N) is 1. The zero-order chi connectivity index (χ0) is 11.7. The van der Waals surface area contributed by atoms with Gasteiger partial charge in [-0.05, 0) is 28.1 Å². The number of nitrogens with zero attached hydrogens (tertiary/aromatic N) is 3. The molecular formula is C12H15BrN4. The Morgan fingerprint density at radius 3 is 2.94 bits per heavy atom. The normalized spacial score (nSPS) is 17.7. The van der Waals surface area contributed by atoms with Gasteiger partial charge in [0, 0.05) is 45.1 Å². The molecule has 2 aromatic rings. The SMILES string of the molecule is Brc1cccn2cc(CN3CCNCC3)nc12. The summed E-state index contributed by atoms with van der Waals surface area (Å²) in [5.41, 5.74) is 2.14. The molecule has 4 nitrogen and oxygen atoms in total. The summed E-state index contributed by atoms with van der Waals surface area (Å²) >= 11 is 3.53. The van der Waals surface area contributed by atoms with Crippen molar-refractivity contribution in [2.45, 2.75) is 6.54 Å². The smallest absolute Gasteiger partial charge is 0.151 e. The van der Waals surface area contributed by atoms with Gasteiger partial charge < -0.3 is 9.72 Å². The summed E-state index contributed by atoms with van der Waals surface area (Å²) in [5.74, 6) is 0. The summed E-state index contributed by atoms with van der Waals surface area (Å²) in [5, 5.41) is 3.36. The number of pyridine rings is 1. The monoisotopic (exact) mass is 294 g/mol. The van der Waals surface area contributed by atoms with Gasteiger partial charge in [-0.15, -0.1) is 0 Å². The average Bonchev–Trinajstić information content (AvgIpc) is 2.74. The van der Waals surface area contributed by atoms with Crippen LogP contribution in [0.15, 0.2) is 29.0 Å². The number of piperazine rings is 1. The first-order chi connectivity index (χ1) is 8.33. The van der Waals surface area contributed by atoms with E-state index >= 15 is 0 Å². The largest absolute Gasteiger partial charge is 0.314 e. The predicted molar refractivity (Wildman–Crippen MR) is 71.0 cm³/mol. The van der Waals surface area contributed by atoms with Crippen molar-refractivity contribution >= 4 is 21.6 Å². The second-order valence-electron chi connectivity index (χ2n) is 4.35. The van der Waals surface area contributed by atoms with Crippen molar-refractivity contribution in [2.75, 3.05) is 26.2 Å². The molecule has 2 aromatic heterocycles. The van der Waals surface area contributed by atoms with Crippen LogP contribution in [0.4, 0.5) is 0 Å². The van der Waals surface area contributed by atoms with E-state index in [1.807, 2.05) is 18.3 Å². The third-order valence-electron chi connectivity index (χ3n) is 3.08. The summed E-state index contributed by atoms with van der Waals surface area (Å²) in [6.45, 7) is 5.31. The Morgan fingerprint density at radius 2 is 2.18 bits per heavy atom. The molecule has 0 bridgehead atoms. The van der Waals surface area contributed by atoms with Crippen molar-refractivity contribution in [1.82, 2.24) is 19.6 Å². The Kier molecular flexibility index (Phi) is 3.13. The van der Waals surface area contributed by atoms with Crippen LogP contribution >= 0.6 is 15.9 Å². The number of hydrogen-bond acceptors (Lipinski definition) is 3. The van der Waals surface area contributed by atoms with E-state index in [0.717, 1.165) is 48.5 Å². The number of imidazole rings is 1. The predicted octanol–water partition coefficient (Wildman–Crippen LogP) is 1.50. The molecule has 5 heteroatoms. The van der Waals surface area contributed by atoms with E-state index in [2.05, 4.69) is 41.7 Å². The zero-order valence-corrected chi connectivity index (χ0v) is 11.2. The second kappa shape index (κ2) is 4.76. The van der Waals surface area contributed by atoms with E-state index in [4.69, 9.17) is 0 Å². The minimum Gasteiger partial charge on any atom is -0.314 e. The van der Waals surface area contributed by atoms with Crippen LogP contribution in [0.3, 0.4) is 0 Å². The molecule has 1 fully saturated rings. The van der Waals surface area contributed by atoms with Crippen molar-refractivity contribution in [3.63, 3.8) is 0 Å². The highest BCUT2D eigenvalue weighted by Gasteiger charge is 2.12. The van der Waals surface area contributed by atoms with Gasteiger partial charge in [0.2, 0.25) is 0 Å². The molecule has 0 saturated carbocycles. The second-order valence-corrected chi connectivity index (χ2v) is 5.20. The van der Waals surface area contributed by atoms with E-state index in [1.54, 1.807) is 0 Å². The van der Waals surface area contributed by atoms with Crippen molar-refractivity contribution in [1.29, 1.82) is 0 Å². The Labute approximate surface area is 109 Å². The van der Waals surface area contributed by atoms with E-state index in [9.17, 15) is 0 Å². The first kappa shape index (κ1) is 11.2. The third-order valence-corrected chi connectivity index (χ3v) is 3.70. The zero-order valence-electron chi connectivity index (χ0n) is 9.56.